The summed E-state index contributed by atoms with van der Waals surface area (Å²) in [5.41, 5.74) is 0.976. The molecule has 0 aliphatic carbocycles. The Hall–Kier alpha value is -2.36. The molecule has 0 saturated heterocycles. The van der Waals surface area contributed by atoms with Crippen molar-refractivity contribution in [1.82, 2.24) is 4.98 Å². The molecular weight excluding hydrogens is 254 g/mol. The van der Waals surface area contributed by atoms with Crippen LogP contribution in [0, 0.1) is 0 Å². The van der Waals surface area contributed by atoms with Crippen molar-refractivity contribution in [2.75, 3.05) is 0 Å². The van der Waals surface area contributed by atoms with Crippen LogP contribution in [0.15, 0.2) is 42.6 Å². The van der Waals surface area contributed by atoms with Gasteiger partial charge in [-0.2, -0.15) is 0 Å². The molecule has 2 aromatic rings. The molecule has 0 bridgehead atoms. The van der Waals surface area contributed by atoms with E-state index in [4.69, 9.17) is 9.84 Å². The van der Waals surface area contributed by atoms with Crippen molar-refractivity contribution < 1.29 is 14.6 Å². The molecule has 0 atom stereocenters. The Kier molecular flexibility index (Phi) is 3.74. The van der Waals surface area contributed by atoms with Gasteiger partial charge in [-0.15, -0.1) is 0 Å². The average molecular weight is 271 g/mol. The fraction of sp³-hybridized carbons (Fsp3) is 0.250. The lowest BCUT2D eigenvalue weighted by atomic mass is 9.86. The van der Waals surface area contributed by atoms with Gasteiger partial charge in [0.2, 0.25) is 0 Å². The summed E-state index contributed by atoms with van der Waals surface area (Å²) in [6.07, 6.45) is 1.43. The molecule has 0 aliphatic heterocycles. The van der Waals surface area contributed by atoms with Gasteiger partial charge < -0.3 is 9.84 Å². The number of carboxylic acid groups (broad SMARTS) is 1. The summed E-state index contributed by atoms with van der Waals surface area (Å²) in [7, 11) is 0. The largest absolute Gasteiger partial charge is 0.477 e. The maximum Gasteiger partial charge on any atom is 0.354 e. The van der Waals surface area contributed by atoms with Crippen molar-refractivity contribution in [2.24, 2.45) is 0 Å². The standard InChI is InChI=1S/C16H17NO3/c1-16(2,3)12-6-4-5-7-14(12)20-11-8-9-17-13(10-11)15(18)19/h4-10H,1-3H3,(H,18,19). The van der Waals surface area contributed by atoms with Gasteiger partial charge in [-0.05, 0) is 17.5 Å². The van der Waals surface area contributed by atoms with E-state index in [1.54, 1.807) is 6.07 Å². The molecule has 104 valence electrons. The van der Waals surface area contributed by atoms with E-state index in [9.17, 15) is 4.79 Å². The first-order valence-corrected chi connectivity index (χ1v) is 6.34. The fourth-order valence-electron chi connectivity index (χ4n) is 1.89. The van der Waals surface area contributed by atoms with Crippen LogP contribution in [-0.2, 0) is 5.41 Å². The molecule has 0 aliphatic rings. The van der Waals surface area contributed by atoms with Gasteiger partial charge in [-0.3, -0.25) is 0 Å². The van der Waals surface area contributed by atoms with E-state index in [0.717, 1.165) is 11.3 Å². The fourth-order valence-corrected chi connectivity index (χ4v) is 1.89. The van der Waals surface area contributed by atoms with Crippen LogP contribution < -0.4 is 4.74 Å². The van der Waals surface area contributed by atoms with Crippen LogP contribution in [0.2, 0.25) is 0 Å². The Morgan fingerprint density at radius 1 is 1.20 bits per heavy atom. The lowest BCUT2D eigenvalue weighted by Crippen LogP contribution is -2.12. The molecule has 0 saturated carbocycles. The first kappa shape index (κ1) is 14.1. The summed E-state index contributed by atoms with van der Waals surface area (Å²) in [6, 6.07) is 10.8. The van der Waals surface area contributed by atoms with Gasteiger partial charge in [-0.1, -0.05) is 39.0 Å². The number of hydrogen-bond donors (Lipinski definition) is 1. The van der Waals surface area contributed by atoms with Crippen LogP contribution in [0.5, 0.6) is 11.5 Å². The summed E-state index contributed by atoms with van der Waals surface area (Å²) in [6.45, 7) is 6.30. The molecule has 0 amide bonds. The summed E-state index contributed by atoms with van der Waals surface area (Å²) >= 11 is 0. The highest BCUT2D eigenvalue weighted by atomic mass is 16.5. The summed E-state index contributed by atoms with van der Waals surface area (Å²) in [5.74, 6) is 0.121. The van der Waals surface area contributed by atoms with Crippen molar-refractivity contribution in [3.63, 3.8) is 0 Å². The summed E-state index contributed by atoms with van der Waals surface area (Å²) in [4.78, 5) is 14.7. The summed E-state index contributed by atoms with van der Waals surface area (Å²) < 4.78 is 5.82. The smallest absolute Gasteiger partial charge is 0.354 e. The molecule has 1 N–H and O–H groups in total. The minimum atomic E-state index is -1.07. The number of ether oxygens (including phenoxy) is 1. The normalized spacial score (nSPS) is 11.2. The van der Waals surface area contributed by atoms with Crippen LogP contribution in [0.1, 0.15) is 36.8 Å². The third-order valence-corrected chi connectivity index (χ3v) is 2.87. The highest BCUT2D eigenvalue weighted by molar-refractivity contribution is 5.85. The number of rotatable bonds is 3. The van der Waals surface area contributed by atoms with Crippen molar-refractivity contribution in [3.05, 3.63) is 53.9 Å². The third-order valence-electron chi connectivity index (χ3n) is 2.87. The molecule has 4 nitrogen and oxygen atoms in total. The van der Waals surface area contributed by atoms with Gasteiger partial charge in [0.1, 0.15) is 11.5 Å². The molecule has 0 spiro atoms. The number of hydrogen-bond acceptors (Lipinski definition) is 3. The van der Waals surface area contributed by atoms with E-state index in [0.29, 0.717) is 5.75 Å². The lowest BCUT2D eigenvalue weighted by molar-refractivity contribution is 0.0690. The monoisotopic (exact) mass is 271 g/mol. The van der Waals surface area contributed by atoms with E-state index in [-0.39, 0.29) is 11.1 Å². The molecule has 0 radical (unpaired) electrons. The van der Waals surface area contributed by atoms with Gasteiger partial charge in [0.05, 0.1) is 0 Å². The number of benzene rings is 1. The minimum Gasteiger partial charge on any atom is -0.477 e. The van der Waals surface area contributed by atoms with Crippen LogP contribution >= 0.6 is 0 Å². The number of para-hydroxylation sites is 1. The topological polar surface area (TPSA) is 59.4 Å². The van der Waals surface area contributed by atoms with Gasteiger partial charge in [0.15, 0.2) is 5.69 Å². The van der Waals surface area contributed by atoms with E-state index >= 15 is 0 Å². The number of pyridine rings is 1. The number of aromatic carboxylic acids is 1. The minimum absolute atomic E-state index is 0.0317. The lowest BCUT2D eigenvalue weighted by Gasteiger charge is -2.22. The van der Waals surface area contributed by atoms with E-state index in [1.807, 2.05) is 24.3 Å². The van der Waals surface area contributed by atoms with Gasteiger partial charge in [0, 0.05) is 17.8 Å². The van der Waals surface area contributed by atoms with Crippen molar-refractivity contribution in [1.29, 1.82) is 0 Å². The average Bonchev–Trinajstić information content (AvgIpc) is 2.38. The number of carbonyl (C=O) groups is 1. The third kappa shape index (κ3) is 3.15. The van der Waals surface area contributed by atoms with Gasteiger partial charge >= 0.3 is 5.97 Å². The highest BCUT2D eigenvalue weighted by Crippen LogP contribution is 2.33. The summed E-state index contributed by atoms with van der Waals surface area (Å²) in [5, 5.41) is 8.94. The zero-order valence-corrected chi connectivity index (χ0v) is 11.8. The maximum absolute atomic E-state index is 10.9. The van der Waals surface area contributed by atoms with E-state index < -0.39 is 5.97 Å². The van der Waals surface area contributed by atoms with Crippen LogP contribution in [0.4, 0.5) is 0 Å². The number of nitrogens with zero attached hydrogens (tertiary/aromatic N) is 1. The maximum atomic E-state index is 10.9. The van der Waals surface area contributed by atoms with Crippen molar-refractivity contribution in [3.8, 4) is 11.5 Å². The van der Waals surface area contributed by atoms with Crippen LogP contribution in [0.3, 0.4) is 0 Å². The Morgan fingerprint density at radius 2 is 1.90 bits per heavy atom. The molecule has 4 heteroatoms. The number of carboxylic acids is 1. The SMILES string of the molecule is CC(C)(C)c1ccccc1Oc1ccnc(C(=O)O)c1. The van der Waals surface area contributed by atoms with E-state index in [1.165, 1.54) is 12.3 Å². The quantitative estimate of drug-likeness (QED) is 0.920. The first-order chi connectivity index (χ1) is 9.38. The second-order valence-corrected chi connectivity index (χ2v) is 5.53. The Morgan fingerprint density at radius 3 is 2.55 bits per heavy atom. The Balaban J connectivity index is 2.36. The van der Waals surface area contributed by atoms with Gasteiger partial charge in [-0.25, -0.2) is 9.78 Å². The molecule has 1 aromatic heterocycles. The van der Waals surface area contributed by atoms with E-state index in [2.05, 4.69) is 25.8 Å². The molecule has 2 rings (SSSR count). The molecule has 20 heavy (non-hydrogen) atoms. The molecule has 1 aromatic carbocycles. The molecule has 1 heterocycles. The molecule has 0 fully saturated rings. The molecule has 0 unspecified atom stereocenters. The predicted octanol–water partition coefficient (Wildman–Crippen LogP) is 3.87. The van der Waals surface area contributed by atoms with Gasteiger partial charge in [0.25, 0.3) is 0 Å². The van der Waals surface area contributed by atoms with Crippen LogP contribution in [-0.4, -0.2) is 16.1 Å². The zero-order chi connectivity index (χ0) is 14.8. The Bertz CT molecular complexity index is 630. The highest BCUT2D eigenvalue weighted by Gasteiger charge is 2.19. The first-order valence-electron chi connectivity index (χ1n) is 6.34. The Labute approximate surface area is 118 Å². The van der Waals surface area contributed by atoms with Crippen LogP contribution in [0.25, 0.3) is 0 Å². The zero-order valence-electron chi connectivity index (χ0n) is 11.8. The van der Waals surface area contributed by atoms with Crippen molar-refractivity contribution >= 4 is 5.97 Å². The predicted molar refractivity (Wildman–Crippen MR) is 76.4 cm³/mol. The second-order valence-electron chi connectivity index (χ2n) is 5.53. The van der Waals surface area contributed by atoms with Crippen molar-refractivity contribution in [2.45, 2.75) is 26.2 Å². The second kappa shape index (κ2) is 5.33. The number of aromatic nitrogens is 1. The molecular formula is C16H17NO3.